The number of ether oxygens (including phenoxy) is 2. The molecule has 35 heavy (non-hydrogen) atoms. The number of alkyl halides is 3. The molecule has 3 aliphatic heterocycles. The lowest BCUT2D eigenvalue weighted by Gasteiger charge is -2.34. The van der Waals surface area contributed by atoms with Gasteiger partial charge in [-0.3, -0.25) is 23.9 Å². The van der Waals surface area contributed by atoms with Crippen LogP contribution in [0, 0.1) is 17.8 Å². The van der Waals surface area contributed by atoms with Crippen molar-refractivity contribution in [3.8, 4) is 0 Å². The molecular formula is C23H32F3N3O6. The Bertz CT molecular complexity index is 860. The fraction of sp³-hybridized carbons (Fsp3) is 0.826. The summed E-state index contributed by atoms with van der Waals surface area (Å²) in [5.74, 6) is -2.71. The Labute approximate surface area is 201 Å². The molecule has 1 saturated carbocycles. The molecule has 0 spiro atoms. The van der Waals surface area contributed by atoms with Crippen molar-refractivity contribution in [3.05, 3.63) is 0 Å². The van der Waals surface area contributed by atoms with Gasteiger partial charge >= 0.3 is 6.36 Å². The Hall–Kier alpha value is -2.21. The molecule has 5 unspecified atom stereocenters. The van der Waals surface area contributed by atoms with Gasteiger partial charge in [0.25, 0.3) is 5.91 Å². The van der Waals surface area contributed by atoms with Crippen molar-refractivity contribution in [1.82, 2.24) is 15.5 Å². The molecule has 0 aromatic carbocycles. The topological polar surface area (TPSA) is 114 Å². The number of likely N-dealkylation sites (tertiary alicyclic amines) is 1. The third-order valence-corrected chi connectivity index (χ3v) is 7.86. The van der Waals surface area contributed by atoms with E-state index >= 15 is 0 Å². The predicted octanol–water partition coefficient (Wildman–Crippen LogP) is 1.30. The molecule has 3 amide bonds. The smallest absolute Gasteiger partial charge is 0.365 e. The average molecular weight is 504 g/mol. The molecule has 9 nitrogen and oxygen atoms in total. The summed E-state index contributed by atoms with van der Waals surface area (Å²) in [6, 6.07) is -2.18. The average Bonchev–Trinajstić information content (AvgIpc) is 3.56. The number of carbonyl (C=O) groups is 4. The number of carbonyl (C=O) groups excluding carboxylic acids is 4. The second kappa shape index (κ2) is 10.0. The van der Waals surface area contributed by atoms with Crippen molar-refractivity contribution < 1.29 is 41.8 Å². The van der Waals surface area contributed by atoms with Gasteiger partial charge in [0.1, 0.15) is 18.2 Å². The van der Waals surface area contributed by atoms with Gasteiger partial charge in [0, 0.05) is 25.6 Å². The first-order valence-electron chi connectivity index (χ1n) is 12.2. The van der Waals surface area contributed by atoms with Crippen LogP contribution in [0.15, 0.2) is 0 Å². The lowest BCUT2D eigenvalue weighted by Crippen LogP contribution is -2.57. The van der Waals surface area contributed by atoms with Crippen LogP contribution in [-0.2, 0) is 28.7 Å². The first-order valence-corrected chi connectivity index (χ1v) is 12.2. The molecule has 0 bridgehead atoms. The van der Waals surface area contributed by atoms with Gasteiger partial charge in [-0.25, -0.2) is 0 Å². The monoisotopic (exact) mass is 503 g/mol. The van der Waals surface area contributed by atoms with Gasteiger partial charge in [0.05, 0.1) is 6.04 Å². The minimum atomic E-state index is -5.00. The number of halogens is 3. The molecule has 6 atom stereocenters. The van der Waals surface area contributed by atoms with E-state index < -0.39 is 48.3 Å². The Balaban J connectivity index is 1.52. The normalized spacial score (nSPS) is 33.5. The Morgan fingerprint density at radius 3 is 2.66 bits per heavy atom. The second-order valence-corrected chi connectivity index (χ2v) is 10.2. The maximum Gasteiger partial charge on any atom is 0.522 e. The summed E-state index contributed by atoms with van der Waals surface area (Å²) in [7, 11) is 0. The van der Waals surface area contributed by atoms with E-state index in [1.54, 1.807) is 6.92 Å². The number of hydrogen-bond acceptors (Lipinski definition) is 6. The molecule has 4 aliphatic rings. The van der Waals surface area contributed by atoms with Crippen LogP contribution < -0.4 is 10.6 Å². The van der Waals surface area contributed by atoms with Gasteiger partial charge in [0.15, 0.2) is 5.78 Å². The van der Waals surface area contributed by atoms with Crippen LogP contribution in [-0.4, -0.2) is 78.8 Å². The van der Waals surface area contributed by atoms with Gasteiger partial charge in [-0.15, -0.1) is 13.2 Å². The number of rotatable bonds is 8. The standard InChI is InChI=1S/C23H32F3N3O6/c1-22(7-3-9-34-22)21(33)29-11-14-4-2-5-15(14)18(29)20(32)28-16(10-13-6-8-27-19(13)31)17(30)12-35-23(24,25)26/h13-16,18H,2-12H2,1H3,(H,27,31)(H,28,32)/t13?,14?,15?,16?,18-,22?/m0/s1. The van der Waals surface area contributed by atoms with E-state index in [9.17, 15) is 32.3 Å². The van der Waals surface area contributed by atoms with Crippen LogP contribution >= 0.6 is 0 Å². The molecule has 0 aromatic rings. The molecule has 2 N–H and O–H groups in total. The van der Waals surface area contributed by atoms with E-state index in [0.29, 0.717) is 32.5 Å². The number of amides is 3. The van der Waals surface area contributed by atoms with Gasteiger partial charge < -0.3 is 20.3 Å². The molecule has 0 aromatic heterocycles. The molecule has 4 fully saturated rings. The van der Waals surface area contributed by atoms with Crippen LogP contribution in [0.5, 0.6) is 0 Å². The van der Waals surface area contributed by atoms with Crippen LogP contribution in [0.25, 0.3) is 0 Å². The maximum absolute atomic E-state index is 13.5. The Morgan fingerprint density at radius 1 is 1.26 bits per heavy atom. The fourth-order valence-electron chi connectivity index (χ4n) is 6.04. The minimum Gasteiger partial charge on any atom is -0.365 e. The molecule has 3 saturated heterocycles. The van der Waals surface area contributed by atoms with Crippen LogP contribution in [0.4, 0.5) is 13.2 Å². The lowest BCUT2D eigenvalue weighted by molar-refractivity contribution is -0.321. The van der Waals surface area contributed by atoms with Crippen molar-refractivity contribution in [3.63, 3.8) is 0 Å². The molecule has 4 rings (SSSR count). The lowest BCUT2D eigenvalue weighted by atomic mass is 9.91. The molecule has 12 heteroatoms. The van der Waals surface area contributed by atoms with Gasteiger partial charge in [-0.05, 0) is 57.3 Å². The summed E-state index contributed by atoms with van der Waals surface area (Å²) in [4.78, 5) is 53.2. The van der Waals surface area contributed by atoms with Crippen LogP contribution in [0.1, 0.15) is 51.9 Å². The number of hydrogen-bond donors (Lipinski definition) is 2. The van der Waals surface area contributed by atoms with Crippen molar-refractivity contribution >= 4 is 23.5 Å². The second-order valence-electron chi connectivity index (χ2n) is 10.2. The minimum absolute atomic E-state index is 0.0964. The number of nitrogens with zero attached hydrogens (tertiary/aromatic N) is 1. The van der Waals surface area contributed by atoms with Gasteiger partial charge in [-0.1, -0.05) is 6.42 Å². The van der Waals surface area contributed by atoms with E-state index in [4.69, 9.17) is 4.74 Å². The summed E-state index contributed by atoms with van der Waals surface area (Å²) < 4.78 is 47.0. The number of fused-ring (bicyclic) bond motifs is 1. The quantitative estimate of drug-likeness (QED) is 0.516. The van der Waals surface area contributed by atoms with Gasteiger partial charge in [-0.2, -0.15) is 0 Å². The van der Waals surface area contributed by atoms with E-state index in [0.717, 1.165) is 25.7 Å². The van der Waals surface area contributed by atoms with E-state index in [2.05, 4.69) is 15.4 Å². The van der Waals surface area contributed by atoms with Crippen LogP contribution in [0.3, 0.4) is 0 Å². The summed E-state index contributed by atoms with van der Waals surface area (Å²) in [5, 5.41) is 5.22. The fourth-order valence-corrected chi connectivity index (χ4v) is 6.04. The third-order valence-electron chi connectivity index (χ3n) is 7.86. The SMILES string of the molecule is CC1(C(=O)N2CC3CCCC3[C@H]2C(=O)NC(CC2CCNC2=O)C(=O)COC(F)(F)F)CCCO1. The maximum atomic E-state index is 13.5. The zero-order chi connectivity index (χ0) is 25.4. The van der Waals surface area contributed by atoms with E-state index in [-0.39, 0.29) is 30.1 Å². The number of ketones is 1. The number of nitrogens with one attached hydrogen (secondary N) is 2. The summed E-state index contributed by atoms with van der Waals surface area (Å²) in [5.41, 5.74) is -1.02. The van der Waals surface area contributed by atoms with E-state index in [1.165, 1.54) is 4.90 Å². The van der Waals surface area contributed by atoms with Crippen molar-refractivity contribution in [2.75, 3.05) is 26.3 Å². The van der Waals surface area contributed by atoms with Crippen molar-refractivity contribution in [2.24, 2.45) is 17.8 Å². The predicted molar refractivity (Wildman–Crippen MR) is 115 cm³/mol. The molecule has 3 heterocycles. The van der Waals surface area contributed by atoms with Crippen molar-refractivity contribution in [1.29, 1.82) is 0 Å². The highest BCUT2D eigenvalue weighted by molar-refractivity contribution is 5.96. The molecule has 1 aliphatic carbocycles. The Morgan fingerprint density at radius 2 is 2.03 bits per heavy atom. The van der Waals surface area contributed by atoms with Crippen LogP contribution in [0.2, 0.25) is 0 Å². The first-order chi connectivity index (χ1) is 16.5. The summed E-state index contributed by atoms with van der Waals surface area (Å²) in [6.07, 6.45) is -0.918. The first kappa shape index (κ1) is 25.9. The molecule has 0 radical (unpaired) electrons. The van der Waals surface area contributed by atoms with E-state index in [1.807, 2.05) is 0 Å². The number of Topliss-reactive ketones (excluding diaryl/α,β-unsaturated/α-hetero) is 1. The zero-order valence-electron chi connectivity index (χ0n) is 19.7. The molecule has 196 valence electrons. The third kappa shape index (κ3) is 5.63. The largest absolute Gasteiger partial charge is 0.522 e. The Kier molecular flexibility index (Phi) is 7.42. The van der Waals surface area contributed by atoms with Gasteiger partial charge in [0.2, 0.25) is 11.8 Å². The zero-order valence-corrected chi connectivity index (χ0v) is 19.7. The highest BCUT2D eigenvalue weighted by Crippen LogP contribution is 2.44. The molecular weight excluding hydrogens is 471 g/mol. The summed E-state index contributed by atoms with van der Waals surface area (Å²) >= 11 is 0. The summed E-state index contributed by atoms with van der Waals surface area (Å²) in [6.45, 7) is 1.70. The highest BCUT2D eigenvalue weighted by Gasteiger charge is 2.53. The highest BCUT2D eigenvalue weighted by atomic mass is 19.4. The van der Waals surface area contributed by atoms with Crippen molar-refractivity contribution in [2.45, 2.75) is 75.9 Å².